The van der Waals surface area contributed by atoms with Crippen molar-refractivity contribution in [3.63, 3.8) is 0 Å². The summed E-state index contributed by atoms with van der Waals surface area (Å²) < 4.78 is 0. The number of hydrogen-bond donors (Lipinski definition) is 2. The summed E-state index contributed by atoms with van der Waals surface area (Å²) in [4.78, 5) is 11.5. The summed E-state index contributed by atoms with van der Waals surface area (Å²) in [6.07, 6.45) is 0.549. The second-order valence-electron chi connectivity index (χ2n) is 5.45. The molecule has 0 heterocycles. The van der Waals surface area contributed by atoms with Gasteiger partial charge in [0.15, 0.2) is 0 Å². The first-order valence-electron chi connectivity index (χ1n) is 7.17. The van der Waals surface area contributed by atoms with Gasteiger partial charge in [0.2, 0.25) is 0 Å². The van der Waals surface area contributed by atoms with Crippen molar-refractivity contribution in [3.05, 3.63) is 65.7 Å². The molecule has 0 aliphatic carbocycles. The molecular formula is C18H21NO2. The summed E-state index contributed by atoms with van der Waals surface area (Å²) in [7, 11) is 0. The summed E-state index contributed by atoms with van der Waals surface area (Å²) in [5.74, 6) is -0.636. The summed E-state index contributed by atoms with van der Waals surface area (Å²) >= 11 is 0. The van der Waals surface area contributed by atoms with E-state index in [9.17, 15) is 9.90 Å². The van der Waals surface area contributed by atoms with Gasteiger partial charge in [-0.05, 0) is 37.0 Å². The maximum absolute atomic E-state index is 11.5. The lowest BCUT2D eigenvalue weighted by Gasteiger charge is -2.20. The molecule has 3 heteroatoms. The van der Waals surface area contributed by atoms with E-state index in [4.69, 9.17) is 0 Å². The summed E-state index contributed by atoms with van der Waals surface area (Å²) in [5, 5.41) is 12.5. The molecule has 0 amide bonds. The molecule has 2 atom stereocenters. The summed E-state index contributed by atoms with van der Waals surface area (Å²) in [5.41, 5.74) is 3.16. The molecule has 0 saturated carbocycles. The Morgan fingerprint density at radius 3 is 2.29 bits per heavy atom. The zero-order chi connectivity index (χ0) is 15.2. The number of benzene rings is 2. The quantitative estimate of drug-likeness (QED) is 0.840. The van der Waals surface area contributed by atoms with Crippen molar-refractivity contribution in [1.82, 2.24) is 0 Å². The smallest absolute Gasteiger partial charge is 0.326 e. The lowest BCUT2D eigenvalue weighted by Crippen LogP contribution is -2.30. The minimum Gasteiger partial charge on any atom is -0.480 e. The zero-order valence-corrected chi connectivity index (χ0v) is 12.4. The third-order valence-electron chi connectivity index (χ3n) is 3.65. The minimum absolute atomic E-state index is 0.185. The summed E-state index contributed by atoms with van der Waals surface area (Å²) in [6, 6.07) is 17.2. The average molecular weight is 283 g/mol. The SMILES string of the molecule is Cc1ccc(NC(CC(C)c2ccccc2)C(=O)O)cc1. The fraction of sp³-hybridized carbons (Fsp3) is 0.278. The van der Waals surface area contributed by atoms with Crippen molar-refractivity contribution in [2.24, 2.45) is 0 Å². The van der Waals surface area contributed by atoms with Gasteiger partial charge in [-0.15, -0.1) is 0 Å². The Hall–Kier alpha value is -2.29. The second kappa shape index (κ2) is 6.93. The monoisotopic (exact) mass is 283 g/mol. The van der Waals surface area contributed by atoms with Crippen molar-refractivity contribution < 1.29 is 9.90 Å². The third-order valence-corrected chi connectivity index (χ3v) is 3.65. The van der Waals surface area contributed by atoms with Crippen LogP contribution in [0.15, 0.2) is 54.6 Å². The van der Waals surface area contributed by atoms with Gasteiger partial charge in [-0.25, -0.2) is 4.79 Å². The number of aliphatic carboxylic acids is 1. The highest BCUT2D eigenvalue weighted by atomic mass is 16.4. The largest absolute Gasteiger partial charge is 0.480 e. The van der Waals surface area contributed by atoms with Gasteiger partial charge in [0.05, 0.1) is 0 Å². The highest BCUT2D eigenvalue weighted by molar-refractivity contribution is 5.77. The first-order valence-corrected chi connectivity index (χ1v) is 7.17. The Balaban J connectivity index is 2.05. The molecule has 0 aromatic heterocycles. The predicted molar refractivity (Wildman–Crippen MR) is 85.7 cm³/mol. The van der Waals surface area contributed by atoms with Gasteiger partial charge in [0, 0.05) is 5.69 Å². The first kappa shape index (κ1) is 15.1. The van der Waals surface area contributed by atoms with Gasteiger partial charge in [-0.1, -0.05) is 55.0 Å². The molecule has 2 rings (SSSR count). The maximum Gasteiger partial charge on any atom is 0.326 e. The van der Waals surface area contributed by atoms with Crippen LogP contribution in [0, 0.1) is 6.92 Å². The molecule has 0 aliphatic heterocycles. The number of hydrogen-bond acceptors (Lipinski definition) is 2. The van der Waals surface area contributed by atoms with E-state index in [0.717, 1.165) is 16.8 Å². The molecular weight excluding hydrogens is 262 g/mol. The lowest BCUT2D eigenvalue weighted by atomic mass is 9.94. The molecule has 2 aromatic carbocycles. The van der Waals surface area contributed by atoms with E-state index in [1.54, 1.807) is 0 Å². The average Bonchev–Trinajstić information content (AvgIpc) is 2.49. The van der Waals surface area contributed by atoms with Crippen molar-refractivity contribution in [3.8, 4) is 0 Å². The van der Waals surface area contributed by atoms with Crippen LogP contribution in [0.3, 0.4) is 0 Å². The molecule has 0 fully saturated rings. The standard InChI is InChI=1S/C18H21NO2/c1-13-8-10-16(11-9-13)19-17(18(20)21)12-14(2)15-6-4-3-5-7-15/h3-11,14,17,19H,12H2,1-2H3,(H,20,21). The van der Waals surface area contributed by atoms with E-state index in [-0.39, 0.29) is 5.92 Å². The van der Waals surface area contributed by atoms with Crippen LogP contribution in [0.4, 0.5) is 5.69 Å². The van der Waals surface area contributed by atoms with Gasteiger partial charge in [-0.2, -0.15) is 0 Å². The van der Waals surface area contributed by atoms with Crippen LogP contribution < -0.4 is 5.32 Å². The van der Waals surface area contributed by atoms with Crippen LogP contribution >= 0.6 is 0 Å². The molecule has 3 nitrogen and oxygen atoms in total. The van der Waals surface area contributed by atoms with E-state index in [1.165, 1.54) is 0 Å². The van der Waals surface area contributed by atoms with Gasteiger partial charge >= 0.3 is 5.97 Å². The molecule has 2 aromatic rings. The molecule has 0 bridgehead atoms. The Kier molecular flexibility index (Phi) is 4.99. The number of carbonyl (C=O) groups is 1. The highest BCUT2D eigenvalue weighted by Crippen LogP contribution is 2.22. The molecule has 2 N–H and O–H groups in total. The fourth-order valence-corrected chi connectivity index (χ4v) is 2.34. The predicted octanol–water partition coefficient (Wildman–Crippen LogP) is 4.05. The van der Waals surface area contributed by atoms with Crippen LogP contribution in [0.2, 0.25) is 0 Å². The van der Waals surface area contributed by atoms with Crippen LogP contribution in [-0.2, 0) is 4.79 Å². The van der Waals surface area contributed by atoms with E-state index in [0.29, 0.717) is 6.42 Å². The highest BCUT2D eigenvalue weighted by Gasteiger charge is 2.21. The van der Waals surface area contributed by atoms with E-state index < -0.39 is 12.0 Å². The van der Waals surface area contributed by atoms with Gasteiger partial charge < -0.3 is 10.4 Å². The minimum atomic E-state index is -0.821. The van der Waals surface area contributed by atoms with Crippen molar-refractivity contribution in [2.45, 2.75) is 32.2 Å². The van der Waals surface area contributed by atoms with Crippen LogP contribution in [0.1, 0.15) is 30.4 Å². The number of anilines is 1. The molecule has 21 heavy (non-hydrogen) atoms. The number of carboxylic acid groups (broad SMARTS) is 1. The number of carboxylic acids is 1. The maximum atomic E-state index is 11.5. The Morgan fingerprint density at radius 2 is 1.71 bits per heavy atom. The normalized spacial score (nSPS) is 13.4. The van der Waals surface area contributed by atoms with Gasteiger partial charge in [-0.3, -0.25) is 0 Å². The summed E-state index contributed by atoms with van der Waals surface area (Å²) in [6.45, 7) is 4.07. The van der Waals surface area contributed by atoms with E-state index in [1.807, 2.05) is 61.5 Å². The van der Waals surface area contributed by atoms with Gasteiger partial charge in [0.25, 0.3) is 0 Å². The number of aryl methyl sites for hydroxylation is 1. The molecule has 0 spiro atoms. The number of rotatable bonds is 6. The fourth-order valence-electron chi connectivity index (χ4n) is 2.34. The van der Waals surface area contributed by atoms with Gasteiger partial charge in [0.1, 0.15) is 6.04 Å². The molecule has 110 valence electrons. The van der Waals surface area contributed by atoms with Crippen molar-refractivity contribution in [2.75, 3.05) is 5.32 Å². The van der Waals surface area contributed by atoms with Crippen molar-refractivity contribution >= 4 is 11.7 Å². The molecule has 2 unspecified atom stereocenters. The lowest BCUT2D eigenvalue weighted by molar-refractivity contribution is -0.138. The van der Waals surface area contributed by atoms with Crippen LogP contribution in [-0.4, -0.2) is 17.1 Å². The molecule has 0 aliphatic rings. The number of nitrogens with one attached hydrogen (secondary N) is 1. The van der Waals surface area contributed by atoms with Crippen molar-refractivity contribution in [1.29, 1.82) is 0 Å². The Labute approximate surface area is 125 Å². The van der Waals surface area contributed by atoms with Crippen LogP contribution in [0.5, 0.6) is 0 Å². The van der Waals surface area contributed by atoms with E-state index in [2.05, 4.69) is 12.2 Å². The second-order valence-corrected chi connectivity index (χ2v) is 5.45. The van der Waals surface area contributed by atoms with E-state index >= 15 is 0 Å². The van der Waals surface area contributed by atoms with Crippen LogP contribution in [0.25, 0.3) is 0 Å². The molecule has 0 radical (unpaired) electrons. The molecule has 0 saturated heterocycles. The first-order chi connectivity index (χ1) is 10.1. The Bertz CT molecular complexity index is 578. The zero-order valence-electron chi connectivity index (χ0n) is 12.4. The topological polar surface area (TPSA) is 49.3 Å². The third kappa shape index (κ3) is 4.35. The Morgan fingerprint density at radius 1 is 1.10 bits per heavy atom.